The number of carbonyl (C=O) groups is 1. The Hall–Kier alpha value is -0.410. The van der Waals surface area contributed by atoms with Crippen molar-refractivity contribution in [2.75, 3.05) is 26.2 Å². The molecule has 0 saturated carbocycles. The number of nitrogens with zero attached hydrogens (tertiary/aromatic N) is 1. The number of Topliss-reactive ketones (excluding diaryl/α,β-unsaturated/α-hetero) is 1. The van der Waals surface area contributed by atoms with Crippen molar-refractivity contribution in [1.29, 1.82) is 0 Å². The van der Waals surface area contributed by atoms with Crippen LogP contribution >= 0.6 is 0 Å². The first-order chi connectivity index (χ1) is 7.50. The van der Waals surface area contributed by atoms with Gasteiger partial charge in [0.05, 0.1) is 5.54 Å². The zero-order chi connectivity index (χ0) is 12.2. The second-order valence-corrected chi connectivity index (χ2v) is 5.35. The van der Waals surface area contributed by atoms with Crippen LogP contribution < -0.4 is 5.32 Å². The highest BCUT2D eigenvalue weighted by molar-refractivity contribution is 5.89. The summed E-state index contributed by atoms with van der Waals surface area (Å²) in [6.45, 7) is 12.3. The van der Waals surface area contributed by atoms with Gasteiger partial charge in [-0.05, 0) is 20.3 Å². The van der Waals surface area contributed by atoms with Crippen LogP contribution in [0.5, 0.6) is 0 Å². The van der Waals surface area contributed by atoms with E-state index >= 15 is 0 Å². The molecule has 1 N–H and O–H groups in total. The Kier molecular flexibility index (Phi) is 4.93. The molecule has 3 heteroatoms. The van der Waals surface area contributed by atoms with E-state index in [1.54, 1.807) is 0 Å². The van der Waals surface area contributed by atoms with Gasteiger partial charge in [0.2, 0.25) is 0 Å². The summed E-state index contributed by atoms with van der Waals surface area (Å²) in [6, 6.07) is 0. The summed E-state index contributed by atoms with van der Waals surface area (Å²) >= 11 is 0. The highest BCUT2D eigenvalue weighted by Crippen LogP contribution is 2.22. The van der Waals surface area contributed by atoms with Crippen molar-refractivity contribution in [1.82, 2.24) is 10.2 Å². The molecule has 94 valence electrons. The van der Waals surface area contributed by atoms with Gasteiger partial charge in [0.25, 0.3) is 0 Å². The third kappa shape index (κ3) is 3.05. The maximum absolute atomic E-state index is 12.4. The summed E-state index contributed by atoms with van der Waals surface area (Å²) in [5.41, 5.74) is -0.295. The van der Waals surface area contributed by atoms with Crippen LogP contribution in [0.3, 0.4) is 0 Å². The minimum absolute atomic E-state index is 0.190. The van der Waals surface area contributed by atoms with Gasteiger partial charge in [-0.3, -0.25) is 9.69 Å². The van der Waals surface area contributed by atoms with Crippen LogP contribution in [-0.2, 0) is 4.79 Å². The molecule has 3 nitrogen and oxygen atoms in total. The van der Waals surface area contributed by atoms with E-state index in [4.69, 9.17) is 0 Å². The molecule has 1 atom stereocenters. The predicted molar refractivity (Wildman–Crippen MR) is 67.6 cm³/mol. The number of ketones is 1. The van der Waals surface area contributed by atoms with Crippen molar-refractivity contribution in [3.05, 3.63) is 0 Å². The smallest absolute Gasteiger partial charge is 0.155 e. The van der Waals surface area contributed by atoms with Gasteiger partial charge in [0.15, 0.2) is 5.78 Å². The zero-order valence-corrected chi connectivity index (χ0v) is 11.2. The largest absolute Gasteiger partial charge is 0.314 e. The summed E-state index contributed by atoms with van der Waals surface area (Å²) in [4.78, 5) is 14.7. The molecule has 1 fully saturated rings. The van der Waals surface area contributed by atoms with Crippen molar-refractivity contribution < 1.29 is 4.79 Å². The first-order valence-corrected chi connectivity index (χ1v) is 6.50. The molecule has 16 heavy (non-hydrogen) atoms. The minimum atomic E-state index is -0.295. The lowest BCUT2D eigenvalue weighted by atomic mass is 9.85. The van der Waals surface area contributed by atoms with Gasteiger partial charge in [0.1, 0.15) is 0 Å². The number of carbonyl (C=O) groups excluding carboxylic acids is 1. The Morgan fingerprint density at radius 2 is 1.94 bits per heavy atom. The summed E-state index contributed by atoms with van der Waals surface area (Å²) < 4.78 is 0. The van der Waals surface area contributed by atoms with Crippen LogP contribution in [0.2, 0.25) is 0 Å². The molecule has 1 unspecified atom stereocenters. The molecule has 0 aliphatic carbocycles. The summed E-state index contributed by atoms with van der Waals surface area (Å²) in [7, 11) is 0. The van der Waals surface area contributed by atoms with Gasteiger partial charge in [-0.2, -0.15) is 0 Å². The Bertz CT molecular complexity index is 232. The van der Waals surface area contributed by atoms with Crippen LogP contribution in [-0.4, -0.2) is 42.4 Å². The van der Waals surface area contributed by atoms with E-state index in [1.165, 1.54) is 0 Å². The number of rotatable bonds is 5. The van der Waals surface area contributed by atoms with E-state index in [1.807, 2.05) is 0 Å². The summed E-state index contributed by atoms with van der Waals surface area (Å²) in [5.74, 6) is 0.589. The Labute approximate surface area is 99.6 Å². The predicted octanol–water partition coefficient (Wildman–Crippen LogP) is 1.68. The highest BCUT2D eigenvalue weighted by Gasteiger charge is 2.36. The number of nitrogens with one attached hydrogen (secondary N) is 1. The lowest BCUT2D eigenvalue weighted by Crippen LogP contribution is -2.58. The second kappa shape index (κ2) is 5.78. The molecule has 0 aromatic carbocycles. The number of hydrogen-bond acceptors (Lipinski definition) is 3. The molecular weight excluding hydrogens is 200 g/mol. The minimum Gasteiger partial charge on any atom is -0.314 e. The van der Waals surface area contributed by atoms with Crippen LogP contribution in [0.25, 0.3) is 0 Å². The SMILES string of the molecule is CCCC(C)C(=O)C(C)(C)N1CCNCC1. The molecule has 0 aromatic heterocycles. The zero-order valence-electron chi connectivity index (χ0n) is 11.2. The average Bonchev–Trinajstić information content (AvgIpc) is 2.29. The lowest BCUT2D eigenvalue weighted by molar-refractivity contribution is -0.133. The fourth-order valence-electron chi connectivity index (χ4n) is 2.55. The molecule has 1 aliphatic rings. The molecule has 1 saturated heterocycles. The summed E-state index contributed by atoms with van der Waals surface area (Å²) in [6.07, 6.45) is 2.10. The van der Waals surface area contributed by atoms with Crippen molar-refractivity contribution in [3.8, 4) is 0 Å². The monoisotopic (exact) mass is 226 g/mol. The van der Waals surface area contributed by atoms with Gasteiger partial charge in [0, 0.05) is 32.1 Å². The quantitative estimate of drug-likeness (QED) is 0.774. The Balaban J connectivity index is 2.63. The van der Waals surface area contributed by atoms with E-state index in [9.17, 15) is 4.79 Å². The van der Waals surface area contributed by atoms with Crippen LogP contribution in [0.1, 0.15) is 40.5 Å². The van der Waals surface area contributed by atoms with Gasteiger partial charge in [-0.25, -0.2) is 0 Å². The topological polar surface area (TPSA) is 32.3 Å². The molecule has 0 amide bonds. The van der Waals surface area contributed by atoms with E-state index < -0.39 is 0 Å². The Morgan fingerprint density at radius 3 is 2.44 bits per heavy atom. The first kappa shape index (κ1) is 13.7. The molecular formula is C13H26N2O. The molecule has 1 aliphatic heterocycles. The maximum Gasteiger partial charge on any atom is 0.155 e. The van der Waals surface area contributed by atoms with Crippen LogP contribution in [0, 0.1) is 5.92 Å². The molecule has 1 rings (SSSR count). The number of piperazine rings is 1. The van der Waals surface area contributed by atoms with Gasteiger partial charge in [-0.15, -0.1) is 0 Å². The average molecular weight is 226 g/mol. The molecule has 0 spiro atoms. The van der Waals surface area contributed by atoms with E-state index in [0.29, 0.717) is 5.78 Å². The standard InChI is InChI=1S/C13H26N2O/c1-5-6-11(2)12(16)13(3,4)15-9-7-14-8-10-15/h11,14H,5-10H2,1-4H3. The summed E-state index contributed by atoms with van der Waals surface area (Å²) in [5, 5.41) is 3.33. The highest BCUT2D eigenvalue weighted by atomic mass is 16.1. The fraction of sp³-hybridized carbons (Fsp3) is 0.923. The van der Waals surface area contributed by atoms with E-state index in [-0.39, 0.29) is 11.5 Å². The Morgan fingerprint density at radius 1 is 1.38 bits per heavy atom. The van der Waals surface area contributed by atoms with Gasteiger partial charge < -0.3 is 5.32 Å². The lowest BCUT2D eigenvalue weighted by Gasteiger charge is -2.41. The third-order valence-electron chi connectivity index (χ3n) is 3.68. The van der Waals surface area contributed by atoms with Crippen molar-refractivity contribution in [3.63, 3.8) is 0 Å². The first-order valence-electron chi connectivity index (χ1n) is 6.50. The van der Waals surface area contributed by atoms with Crippen LogP contribution in [0.15, 0.2) is 0 Å². The van der Waals surface area contributed by atoms with Crippen molar-refractivity contribution in [2.24, 2.45) is 5.92 Å². The second-order valence-electron chi connectivity index (χ2n) is 5.35. The molecule has 0 aromatic rings. The van der Waals surface area contributed by atoms with Gasteiger partial charge >= 0.3 is 0 Å². The van der Waals surface area contributed by atoms with Crippen LogP contribution in [0.4, 0.5) is 0 Å². The van der Waals surface area contributed by atoms with Gasteiger partial charge in [-0.1, -0.05) is 20.3 Å². The third-order valence-corrected chi connectivity index (χ3v) is 3.68. The fourth-order valence-corrected chi connectivity index (χ4v) is 2.55. The van der Waals surface area contributed by atoms with E-state index in [2.05, 4.69) is 37.9 Å². The molecule has 0 radical (unpaired) electrons. The van der Waals surface area contributed by atoms with Crippen molar-refractivity contribution in [2.45, 2.75) is 46.1 Å². The normalized spacial score (nSPS) is 20.8. The van der Waals surface area contributed by atoms with E-state index in [0.717, 1.165) is 39.0 Å². The number of hydrogen-bond donors (Lipinski definition) is 1. The molecule has 1 heterocycles. The molecule has 0 bridgehead atoms. The van der Waals surface area contributed by atoms with Crippen molar-refractivity contribution >= 4 is 5.78 Å². The maximum atomic E-state index is 12.4.